The van der Waals surface area contributed by atoms with Crippen molar-refractivity contribution in [1.29, 1.82) is 0 Å². The number of hydrogen-bond donors (Lipinski definition) is 0. The second-order valence-electron chi connectivity index (χ2n) is 5.49. The second kappa shape index (κ2) is 3.85. The molecule has 1 aliphatic rings. The Bertz CT molecular complexity index is 444. The Labute approximate surface area is 102 Å². The van der Waals surface area contributed by atoms with E-state index in [1.165, 1.54) is 0 Å². The molecule has 0 spiro atoms. The summed E-state index contributed by atoms with van der Waals surface area (Å²) in [4.78, 5) is 8.73. The van der Waals surface area contributed by atoms with E-state index in [-0.39, 0.29) is 5.41 Å². The van der Waals surface area contributed by atoms with Gasteiger partial charge in [0.1, 0.15) is 0 Å². The lowest BCUT2D eigenvalue weighted by Crippen LogP contribution is -2.20. The summed E-state index contributed by atoms with van der Waals surface area (Å²) >= 11 is 5.99. The highest BCUT2D eigenvalue weighted by Gasteiger charge is 2.24. The van der Waals surface area contributed by atoms with Crippen LogP contribution in [0.1, 0.15) is 44.6 Å². The Morgan fingerprint density at radius 1 is 1.31 bits per heavy atom. The molecule has 1 aliphatic carbocycles. The van der Waals surface area contributed by atoms with E-state index in [0.29, 0.717) is 11.2 Å². The van der Waals surface area contributed by atoms with Crippen molar-refractivity contribution >= 4 is 17.7 Å². The summed E-state index contributed by atoms with van der Waals surface area (Å²) in [7, 11) is 0. The van der Waals surface area contributed by atoms with Gasteiger partial charge in [-0.2, -0.15) is 0 Å². The first-order valence-corrected chi connectivity index (χ1v) is 6.01. The minimum absolute atomic E-state index is 0.00157. The van der Waals surface area contributed by atoms with Crippen LogP contribution in [0.15, 0.2) is 6.08 Å². The van der Waals surface area contributed by atoms with Crippen molar-refractivity contribution in [2.24, 2.45) is 5.92 Å². The molecule has 1 unspecified atom stereocenters. The van der Waals surface area contributed by atoms with E-state index in [1.54, 1.807) is 0 Å². The van der Waals surface area contributed by atoms with Crippen molar-refractivity contribution in [3.8, 4) is 0 Å². The zero-order valence-corrected chi connectivity index (χ0v) is 11.0. The number of hydrogen-bond acceptors (Lipinski definition) is 2. The number of nitrogens with zero attached hydrogens (tertiary/aromatic N) is 2. The summed E-state index contributed by atoms with van der Waals surface area (Å²) in [5.74, 6) is 0.534. The molecule has 1 atom stereocenters. The number of halogens is 1. The monoisotopic (exact) mass is 236 g/mol. The van der Waals surface area contributed by atoms with E-state index in [1.807, 2.05) is 0 Å². The van der Waals surface area contributed by atoms with Crippen molar-refractivity contribution in [1.82, 2.24) is 9.97 Å². The SMILES string of the molecule is CC1C=Cc2c(nc(Cl)nc2C(C)(C)C)C1. The summed E-state index contributed by atoms with van der Waals surface area (Å²) in [6.07, 6.45) is 5.31. The average Bonchev–Trinajstić information content (AvgIpc) is 2.14. The van der Waals surface area contributed by atoms with Gasteiger partial charge in [0.25, 0.3) is 0 Å². The molecule has 1 aromatic heterocycles. The van der Waals surface area contributed by atoms with Gasteiger partial charge in [-0.05, 0) is 23.9 Å². The molecule has 0 aliphatic heterocycles. The molecular weight excluding hydrogens is 220 g/mol. The Morgan fingerprint density at radius 2 is 2.00 bits per heavy atom. The van der Waals surface area contributed by atoms with Crippen LogP contribution in [0.25, 0.3) is 6.08 Å². The minimum Gasteiger partial charge on any atom is -0.222 e. The number of rotatable bonds is 0. The zero-order chi connectivity index (χ0) is 11.9. The topological polar surface area (TPSA) is 25.8 Å². The lowest BCUT2D eigenvalue weighted by Gasteiger charge is -2.24. The summed E-state index contributed by atoms with van der Waals surface area (Å²) in [5.41, 5.74) is 3.29. The highest BCUT2D eigenvalue weighted by molar-refractivity contribution is 6.28. The maximum atomic E-state index is 5.99. The fraction of sp³-hybridized carbons (Fsp3) is 0.538. The molecule has 0 bridgehead atoms. The van der Waals surface area contributed by atoms with Gasteiger partial charge in [-0.3, -0.25) is 0 Å². The van der Waals surface area contributed by atoms with Gasteiger partial charge in [-0.15, -0.1) is 0 Å². The van der Waals surface area contributed by atoms with Crippen LogP contribution < -0.4 is 0 Å². The minimum atomic E-state index is 0.00157. The van der Waals surface area contributed by atoms with Crippen LogP contribution in [0.2, 0.25) is 5.28 Å². The van der Waals surface area contributed by atoms with Gasteiger partial charge in [0, 0.05) is 11.0 Å². The van der Waals surface area contributed by atoms with E-state index in [0.717, 1.165) is 23.4 Å². The van der Waals surface area contributed by atoms with E-state index in [4.69, 9.17) is 11.6 Å². The van der Waals surface area contributed by atoms with Gasteiger partial charge in [0.2, 0.25) is 5.28 Å². The van der Waals surface area contributed by atoms with E-state index in [2.05, 4.69) is 49.8 Å². The molecule has 2 rings (SSSR count). The maximum Gasteiger partial charge on any atom is 0.222 e. The van der Waals surface area contributed by atoms with Crippen LogP contribution in [-0.2, 0) is 11.8 Å². The molecule has 0 saturated heterocycles. The van der Waals surface area contributed by atoms with Gasteiger partial charge < -0.3 is 0 Å². The summed E-state index contributed by atoms with van der Waals surface area (Å²) in [5, 5.41) is 0.367. The molecule has 0 radical (unpaired) electrons. The summed E-state index contributed by atoms with van der Waals surface area (Å²) < 4.78 is 0. The van der Waals surface area contributed by atoms with E-state index < -0.39 is 0 Å². The normalized spacial score (nSPS) is 19.7. The molecule has 0 amide bonds. The average molecular weight is 237 g/mol. The third kappa shape index (κ3) is 2.12. The Balaban J connectivity index is 2.62. The van der Waals surface area contributed by atoms with E-state index >= 15 is 0 Å². The molecule has 1 aromatic rings. The zero-order valence-electron chi connectivity index (χ0n) is 10.2. The van der Waals surface area contributed by atoms with Crippen molar-refractivity contribution < 1.29 is 0 Å². The largest absolute Gasteiger partial charge is 0.222 e. The van der Waals surface area contributed by atoms with Crippen LogP contribution in [-0.4, -0.2) is 9.97 Å². The summed E-state index contributed by atoms with van der Waals surface area (Å²) in [6, 6.07) is 0. The number of aromatic nitrogens is 2. The summed E-state index contributed by atoms with van der Waals surface area (Å²) in [6.45, 7) is 8.64. The molecule has 86 valence electrons. The molecule has 0 fully saturated rings. The Hall–Kier alpha value is -0.890. The fourth-order valence-corrected chi connectivity index (χ4v) is 2.21. The molecule has 16 heavy (non-hydrogen) atoms. The van der Waals surface area contributed by atoms with Crippen LogP contribution in [0.3, 0.4) is 0 Å². The molecule has 3 heteroatoms. The second-order valence-corrected chi connectivity index (χ2v) is 5.83. The first-order valence-electron chi connectivity index (χ1n) is 5.63. The molecule has 2 nitrogen and oxygen atoms in total. The predicted molar refractivity (Wildman–Crippen MR) is 67.6 cm³/mol. The van der Waals surface area contributed by atoms with Crippen LogP contribution in [0.4, 0.5) is 0 Å². The molecule has 1 heterocycles. The highest BCUT2D eigenvalue weighted by atomic mass is 35.5. The highest BCUT2D eigenvalue weighted by Crippen LogP contribution is 2.31. The van der Waals surface area contributed by atoms with Gasteiger partial charge in [0.15, 0.2) is 0 Å². The van der Waals surface area contributed by atoms with Crippen LogP contribution >= 0.6 is 11.6 Å². The smallest absolute Gasteiger partial charge is 0.222 e. The predicted octanol–water partition coefficient (Wildman–Crippen LogP) is 3.63. The Kier molecular flexibility index (Phi) is 2.79. The van der Waals surface area contributed by atoms with Crippen molar-refractivity contribution in [3.05, 3.63) is 28.3 Å². The fourth-order valence-electron chi connectivity index (χ4n) is 2.02. The van der Waals surface area contributed by atoms with Gasteiger partial charge in [-0.25, -0.2) is 9.97 Å². The first-order chi connectivity index (χ1) is 7.38. The Morgan fingerprint density at radius 3 is 2.62 bits per heavy atom. The van der Waals surface area contributed by atoms with Crippen LogP contribution in [0, 0.1) is 5.92 Å². The van der Waals surface area contributed by atoms with Gasteiger partial charge in [-0.1, -0.05) is 39.8 Å². The molecule has 0 aromatic carbocycles. The maximum absolute atomic E-state index is 5.99. The molecule has 0 saturated carbocycles. The van der Waals surface area contributed by atoms with Crippen molar-refractivity contribution in [3.63, 3.8) is 0 Å². The third-order valence-electron chi connectivity index (χ3n) is 2.81. The van der Waals surface area contributed by atoms with Gasteiger partial charge in [0.05, 0.1) is 11.4 Å². The molecule has 0 N–H and O–H groups in total. The molecular formula is C13H17ClN2. The van der Waals surface area contributed by atoms with Gasteiger partial charge >= 0.3 is 0 Å². The number of allylic oxidation sites excluding steroid dienone is 1. The van der Waals surface area contributed by atoms with Crippen molar-refractivity contribution in [2.45, 2.75) is 39.5 Å². The lowest BCUT2D eigenvalue weighted by molar-refractivity contribution is 0.559. The van der Waals surface area contributed by atoms with Crippen molar-refractivity contribution in [2.75, 3.05) is 0 Å². The quantitative estimate of drug-likeness (QED) is 0.643. The number of fused-ring (bicyclic) bond motifs is 1. The third-order valence-corrected chi connectivity index (χ3v) is 2.98. The standard InChI is InChI=1S/C13H17ClN2/c1-8-5-6-9-10(7-8)15-12(14)16-11(9)13(2,3)4/h5-6,8H,7H2,1-4H3. The van der Waals surface area contributed by atoms with Crippen LogP contribution in [0.5, 0.6) is 0 Å². The lowest BCUT2D eigenvalue weighted by atomic mass is 9.84. The first kappa shape index (κ1) is 11.6. The van der Waals surface area contributed by atoms with E-state index in [9.17, 15) is 0 Å².